The largest absolute Gasteiger partial charge is 0.309 e. The zero-order valence-corrected chi connectivity index (χ0v) is 33.1. The Labute approximate surface area is 336 Å². The van der Waals surface area contributed by atoms with Crippen molar-refractivity contribution in [1.29, 1.82) is 0 Å². The molecule has 1 aliphatic rings. The number of allylic oxidation sites excluding steroid dienone is 3. The molecule has 11 rings (SSSR count). The van der Waals surface area contributed by atoms with Gasteiger partial charge in [0.25, 0.3) is 0 Å². The predicted octanol–water partition coefficient (Wildman–Crippen LogP) is 15.6. The molecule has 0 radical (unpaired) electrons. The van der Waals surface area contributed by atoms with Crippen LogP contribution in [0.2, 0.25) is 0 Å². The summed E-state index contributed by atoms with van der Waals surface area (Å²) in [5.74, 6) is 0.587. The van der Waals surface area contributed by atoms with Crippen molar-refractivity contribution < 1.29 is 0 Å². The number of hydrogen-bond acceptors (Lipinski definition) is 1. The summed E-state index contributed by atoms with van der Waals surface area (Å²) in [4.78, 5) is 0. The van der Waals surface area contributed by atoms with Crippen LogP contribution < -0.4 is 0 Å². The fraction of sp³-hybridized carbons (Fsp3) is 0.111. The molecule has 1 aliphatic carbocycles. The average molecular weight is 751 g/mol. The van der Waals surface area contributed by atoms with Crippen molar-refractivity contribution in [3.8, 4) is 22.5 Å². The number of rotatable bonds is 6. The second kappa shape index (κ2) is 12.8. The van der Waals surface area contributed by atoms with Gasteiger partial charge in [0.05, 0.1) is 32.5 Å². The zero-order valence-electron chi connectivity index (χ0n) is 32.3. The molecule has 2 nitrogen and oxygen atoms in total. The van der Waals surface area contributed by atoms with Gasteiger partial charge in [-0.15, -0.1) is 17.9 Å². The summed E-state index contributed by atoms with van der Waals surface area (Å²) >= 11 is 1.89. The lowest BCUT2D eigenvalue weighted by atomic mass is 9.68. The van der Waals surface area contributed by atoms with Crippen LogP contribution in [0.5, 0.6) is 0 Å². The number of fused-ring (bicyclic) bond motifs is 9. The SMILES string of the molecule is C=Cc1cccc(-c2ccc3c(c2)c2ccccc2n3-c2ccc3sc4c(-n5c6ccccc6c6cc(C7=CCC(C)C(C)(C=C)C7)ccc65)cccc4c3c2)c1. The number of nitrogens with zero attached hydrogens (tertiary/aromatic N) is 2. The summed E-state index contributed by atoms with van der Waals surface area (Å²) < 4.78 is 7.52. The van der Waals surface area contributed by atoms with Gasteiger partial charge in [0.2, 0.25) is 0 Å². The van der Waals surface area contributed by atoms with E-state index in [0.29, 0.717) is 5.92 Å². The normalized spacial score (nSPS) is 17.3. The van der Waals surface area contributed by atoms with Gasteiger partial charge in [0, 0.05) is 42.7 Å². The highest BCUT2D eigenvalue weighted by atomic mass is 32.1. The van der Waals surface area contributed by atoms with E-state index < -0.39 is 0 Å². The molecule has 57 heavy (non-hydrogen) atoms. The highest BCUT2D eigenvalue weighted by molar-refractivity contribution is 7.26. The minimum atomic E-state index is 0.105. The van der Waals surface area contributed by atoms with Crippen LogP contribution in [0.3, 0.4) is 0 Å². The van der Waals surface area contributed by atoms with Gasteiger partial charge in [-0.3, -0.25) is 0 Å². The Kier molecular flexibility index (Phi) is 7.61. The number of hydrogen-bond donors (Lipinski definition) is 0. The molecule has 3 heterocycles. The molecule has 0 saturated heterocycles. The molecule has 0 N–H and O–H groups in total. The first kappa shape index (κ1) is 33.9. The van der Waals surface area contributed by atoms with Gasteiger partial charge < -0.3 is 9.13 Å². The molecule has 0 bridgehead atoms. The van der Waals surface area contributed by atoms with Crippen molar-refractivity contribution >= 4 is 86.8 Å². The quantitative estimate of drug-likeness (QED) is 0.150. The molecule has 0 spiro atoms. The van der Waals surface area contributed by atoms with E-state index in [9.17, 15) is 0 Å². The third-order valence-electron chi connectivity index (χ3n) is 13.0. The topological polar surface area (TPSA) is 9.86 Å². The monoisotopic (exact) mass is 750 g/mol. The number of para-hydroxylation sites is 2. The molecule has 3 heteroatoms. The van der Waals surface area contributed by atoms with E-state index >= 15 is 0 Å². The van der Waals surface area contributed by atoms with Gasteiger partial charge in [-0.25, -0.2) is 0 Å². The van der Waals surface area contributed by atoms with Crippen molar-refractivity contribution in [3.63, 3.8) is 0 Å². The highest BCUT2D eigenvalue weighted by Gasteiger charge is 2.32. The molecule has 274 valence electrons. The van der Waals surface area contributed by atoms with Crippen LogP contribution in [-0.2, 0) is 0 Å². The Morgan fingerprint density at radius 1 is 0.596 bits per heavy atom. The van der Waals surface area contributed by atoms with Crippen molar-refractivity contribution in [2.24, 2.45) is 11.3 Å². The van der Waals surface area contributed by atoms with E-state index in [1.807, 2.05) is 17.4 Å². The minimum Gasteiger partial charge on any atom is -0.309 e. The minimum absolute atomic E-state index is 0.105. The second-order valence-corrected chi connectivity index (χ2v) is 17.2. The van der Waals surface area contributed by atoms with Crippen LogP contribution in [0, 0.1) is 11.3 Å². The van der Waals surface area contributed by atoms with Gasteiger partial charge in [-0.1, -0.05) is 118 Å². The molecule has 7 aromatic carbocycles. The first-order valence-corrected chi connectivity index (χ1v) is 20.8. The Morgan fingerprint density at radius 2 is 1.25 bits per heavy atom. The van der Waals surface area contributed by atoms with Gasteiger partial charge in [-0.05, 0) is 119 Å². The standard InChI is InChI=1S/C54H42N2S/c1-5-35-13-11-14-36(29-35)37-23-26-49-44(30-37)41-15-7-9-18-47(41)55(49)40-25-28-52-46(32-40)43-17-12-20-51(53(43)57-52)56-48-19-10-8-16-42(48)45-31-38(24-27-50(45)56)39-22-21-34(3)54(4,6-2)33-39/h5-20,22-32,34H,1-2,21,33H2,3-4H3. The molecular weight excluding hydrogens is 709 g/mol. The summed E-state index contributed by atoms with van der Waals surface area (Å²) in [6.07, 6.45) is 8.64. The molecule has 0 amide bonds. The van der Waals surface area contributed by atoms with E-state index in [2.05, 4.69) is 194 Å². The second-order valence-electron chi connectivity index (χ2n) is 16.2. The molecule has 0 aliphatic heterocycles. The highest BCUT2D eigenvalue weighted by Crippen LogP contribution is 2.47. The summed E-state index contributed by atoms with van der Waals surface area (Å²) in [5, 5.41) is 7.66. The summed E-state index contributed by atoms with van der Waals surface area (Å²) in [6, 6.07) is 54.2. The maximum absolute atomic E-state index is 4.23. The first-order valence-electron chi connectivity index (χ1n) is 20.0. The smallest absolute Gasteiger partial charge is 0.0640 e. The third kappa shape index (κ3) is 5.15. The van der Waals surface area contributed by atoms with Crippen LogP contribution in [0.15, 0.2) is 171 Å². The third-order valence-corrected chi connectivity index (χ3v) is 14.2. The molecule has 2 unspecified atom stereocenters. The maximum atomic E-state index is 4.23. The lowest BCUT2D eigenvalue weighted by molar-refractivity contribution is 0.275. The maximum Gasteiger partial charge on any atom is 0.0640 e. The lowest BCUT2D eigenvalue weighted by Crippen LogP contribution is -2.25. The van der Waals surface area contributed by atoms with Gasteiger partial charge >= 0.3 is 0 Å². The van der Waals surface area contributed by atoms with Crippen molar-refractivity contribution in [2.75, 3.05) is 0 Å². The van der Waals surface area contributed by atoms with Crippen molar-refractivity contribution in [1.82, 2.24) is 9.13 Å². The van der Waals surface area contributed by atoms with Crippen molar-refractivity contribution in [2.45, 2.75) is 26.7 Å². The van der Waals surface area contributed by atoms with Gasteiger partial charge in [0.15, 0.2) is 0 Å². The summed E-state index contributed by atoms with van der Waals surface area (Å²) in [5.41, 5.74) is 13.7. The lowest BCUT2D eigenvalue weighted by Gasteiger charge is -2.37. The van der Waals surface area contributed by atoms with Crippen LogP contribution in [0.4, 0.5) is 0 Å². The van der Waals surface area contributed by atoms with Gasteiger partial charge in [0.1, 0.15) is 0 Å². The Bertz CT molecular complexity index is 3330. The van der Waals surface area contributed by atoms with Crippen LogP contribution in [0.1, 0.15) is 37.8 Å². The first-order chi connectivity index (χ1) is 27.9. The molecule has 0 saturated carbocycles. The van der Waals surface area contributed by atoms with E-state index in [0.717, 1.165) is 18.4 Å². The molecule has 10 aromatic rings. The Balaban J connectivity index is 1.07. The van der Waals surface area contributed by atoms with E-state index in [1.54, 1.807) is 0 Å². The number of benzene rings is 7. The summed E-state index contributed by atoms with van der Waals surface area (Å²) in [7, 11) is 0. The Hall–Kier alpha value is -6.42. The fourth-order valence-corrected chi connectivity index (χ4v) is 10.7. The number of aromatic nitrogens is 2. The average Bonchev–Trinajstić information content (AvgIpc) is 3.91. The van der Waals surface area contributed by atoms with E-state index in [4.69, 9.17) is 0 Å². The van der Waals surface area contributed by atoms with Gasteiger partial charge in [-0.2, -0.15) is 0 Å². The number of thiophene rings is 1. The fourth-order valence-electron chi connectivity index (χ4n) is 9.53. The van der Waals surface area contributed by atoms with Crippen molar-refractivity contribution in [3.05, 3.63) is 182 Å². The molecule has 0 fully saturated rings. The van der Waals surface area contributed by atoms with Crippen LogP contribution in [-0.4, -0.2) is 9.13 Å². The summed E-state index contributed by atoms with van der Waals surface area (Å²) in [6.45, 7) is 12.9. The zero-order chi connectivity index (χ0) is 38.4. The Morgan fingerprint density at radius 3 is 2.02 bits per heavy atom. The predicted molar refractivity (Wildman–Crippen MR) is 248 cm³/mol. The van der Waals surface area contributed by atoms with E-state index in [-0.39, 0.29) is 5.41 Å². The molecular formula is C54H42N2S. The molecule has 2 atom stereocenters. The van der Waals surface area contributed by atoms with Crippen LogP contribution in [0.25, 0.3) is 97.9 Å². The van der Waals surface area contributed by atoms with Crippen LogP contribution >= 0.6 is 11.3 Å². The molecule has 3 aromatic heterocycles. The van der Waals surface area contributed by atoms with E-state index in [1.165, 1.54) is 97.4 Å².